The Labute approximate surface area is 98.1 Å². The molecular formula is C11H14N2S2. The van der Waals surface area contributed by atoms with Crippen LogP contribution in [0, 0.1) is 5.92 Å². The summed E-state index contributed by atoms with van der Waals surface area (Å²) in [5.74, 6) is 1.90. The van der Waals surface area contributed by atoms with Crippen molar-refractivity contribution in [3.63, 3.8) is 0 Å². The molecule has 0 bridgehead atoms. The van der Waals surface area contributed by atoms with Crippen molar-refractivity contribution < 1.29 is 0 Å². The van der Waals surface area contributed by atoms with Crippen LogP contribution in [-0.2, 0) is 0 Å². The van der Waals surface area contributed by atoms with E-state index in [2.05, 4.69) is 35.3 Å². The molecule has 0 aliphatic heterocycles. The Morgan fingerprint density at radius 3 is 3.07 bits per heavy atom. The van der Waals surface area contributed by atoms with Gasteiger partial charge < -0.3 is 0 Å². The van der Waals surface area contributed by atoms with Gasteiger partial charge in [-0.05, 0) is 29.5 Å². The normalized spacial score (nSPS) is 11.4. The van der Waals surface area contributed by atoms with E-state index in [-0.39, 0.29) is 0 Å². The number of hydrogen-bond acceptors (Lipinski definition) is 4. The molecule has 4 heteroatoms. The van der Waals surface area contributed by atoms with Crippen molar-refractivity contribution >= 4 is 33.3 Å². The summed E-state index contributed by atoms with van der Waals surface area (Å²) < 4.78 is 0. The number of thioether (sulfide) groups is 1. The van der Waals surface area contributed by atoms with Gasteiger partial charge in [-0.2, -0.15) is 0 Å². The maximum absolute atomic E-state index is 4.33. The zero-order valence-corrected chi connectivity index (χ0v) is 10.6. The van der Waals surface area contributed by atoms with Crippen molar-refractivity contribution in [1.82, 2.24) is 9.97 Å². The summed E-state index contributed by atoms with van der Waals surface area (Å²) in [4.78, 5) is 9.67. The number of fused-ring (bicyclic) bond motifs is 1. The number of rotatable bonds is 4. The third-order valence-electron chi connectivity index (χ3n) is 2.16. The predicted molar refractivity (Wildman–Crippen MR) is 67.6 cm³/mol. The van der Waals surface area contributed by atoms with Crippen molar-refractivity contribution in [2.75, 3.05) is 5.75 Å². The van der Waals surface area contributed by atoms with Crippen LogP contribution in [0.1, 0.15) is 20.3 Å². The van der Waals surface area contributed by atoms with Gasteiger partial charge in [0.25, 0.3) is 0 Å². The highest BCUT2D eigenvalue weighted by molar-refractivity contribution is 7.99. The summed E-state index contributed by atoms with van der Waals surface area (Å²) in [5.41, 5.74) is 0. The van der Waals surface area contributed by atoms with Gasteiger partial charge in [-0.3, -0.25) is 0 Å². The zero-order valence-electron chi connectivity index (χ0n) is 8.93. The fourth-order valence-corrected chi connectivity index (χ4v) is 3.30. The maximum atomic E-state index is 4.33. The molecule has 0 spiro atoms. The van der Waals surface area contributed by atoms with Crippen molar-refractivity contribution in [1.29, 1.82) is 0 Å². The second-order valence-electron chi connectivity index (χ2n) is 3.85. The van der Waals surface area contributed by atoms with Crippen LogP contribution in [-0.4, -0.2) is 15.7 Å². The molecule has 0 amide bonds. The molecule has 15 heavy (non-hydrogen) atoms. The molecule has 0 saturated carbocycles. The quantitative estimate of drug-likeness (QED) is 0.598. The zero-order chi connectivity index (χ0) is 10.7. The Morgan fingerprint density at radius 2 is 2.27 bits per heavy atom. The highest BCUT2D eigenvalue weighted by Crippen LogP contribution is 2.28. The van der Waals surface area contributed by atoms with E-state index >= 15 is 0 Å². The topological polar surface area (TPSA) is 25.8 Å². The van der Waals surface area contributed by atoms with Gasteiger partial charge >= 0.3 is 0 Å². The lowest BCUT2D eigenvalue weighted by atomic mass is 10.2. The summed E-state index contributed by atoms with van der Waals surface area (Å²) in [6, 6.07) is 2.11. The minimum Gasteiger partial charge on any atom is -0.229 e. The maximum Gasteiger partial charge on any atom is 0.127 e. The van der Waals surface area contributed by atoms with Crippen LogP contribution in [0.15, 0.2) is 22.8 Å². The minimum atomic E-state index is 0.761. The van der Waals surface area contributed by atoms with Gasteiger partial charge in [0, 0.05) is 5.39 Å². The molecule has 0 unspecified atom stereocenters. The minimum absolute atomic E-state index is 0.761. The summed E-state index contributed by atoms with van der Waals surface area (Å²) in [6.45, 7) is 4.50. The van der Waals surface area contributed by atoms with Crippen LogP contribution < -0.4 is 0 Å². The monoisotopic (exact) mass is 238 g/mol. The van der Waals surface area contributed by atoms with Crippen LogP contribution in [0.3, 0.4) is 0 Å². The summed E-state index contributed by atoms with van der Waals surface area (Å²) in [7, 11) is 0. The highest BCUT2D eigenvalue weighted by atomic mass is 32.2. The molecule has 2 aromatic heterocycles. The molecule has 0 atom stereocenters. The molecule has 2 nitrogen and oxygen atoms in total. The van der Waals surface area contributed by atoms with E-state index in [1.807, 2.05) is 11.8 Å². The van der Waals surface area contributed by atoms with E-state index in [1.165, 1.54) is 11.8 Å². The molecule has 2 aromatic rings. The first-order valence-corrected chi connectivity index (χ1v) is 6.95. The SMILES string of the molecule is CC(C)CCSc1ncnc2sccc12. The van der Waals surface area contributed by atoms with Crippen LogP contribution >= 0.6 is 23.1 Å². The summed E-state index contributed by atoms with van der Waals surface area (Å²) in [6.07, 6.45) is 2.90. The molecule has 0 saturated heterocycles. The third kappa shape index (κ3) is 2.69. The lowest BCUT2D eigenvalue weighted by Gasteiger charge is -2.04. The summed E-state index contributed by atoms with van der Waals surface area (Å²) >= 11 is 3.52. The van der Waals surface area contributed by atoms with E-state index < -0.39 is 0 Å². The van der Waals surface area contributed by atoms with Gasteiger partial charge in [0.15, 0.2) is 0 Å². The molecule has 80 valence electrons. The lowest BCUT2D eigenvalue weighted by Crippen LogP contribution is -1.91. The Kier molecular flexibility index (Phi) is 3.59. The van der Waals surface area contributed by atoms with Crippen LogP contribution in [0.4, 0.5) is 0 Å². The second kappa shape index (κ2) is 4.94. The number of nitrogens with zero attached hydrogens (tertiary/aromatic N) is 2. The summed E-state index contributed by atoms with van der Waals surface area (Å²) in [5, 5.41) is 4.41. The van der Waals surface area contributed by atoms with E-state index in [9.17, 15) is 0 Å². The molecule has 0 aromatic carbocycles. The fourth-order valence-electron chi connectivity index (χ4n) is 1.27. The smallest absolute Gasteiger partial charge is 0.127 e. The molecule has 0 radical (unpaired) electrons. The molecule has 0 aliphatic rings. The van der Waals surface area contributed by atoms with Crippen molar-refractivity contribution in [3.8, 4) is 0 Å². The van der Waals surface area contributed by atoms with Gasteiger partial charge in [-0.25, -0.2) is 9.97 Å². The Balaban J connectivity index is 2.10. The molecule has 2 rings (SSSR count). The Bertz CT molecular complexity index is 437. The molecular weight excluding hydrogens is 224 g/mol. The number of aromatic nitrogens is 2. The van der Waals surface area contributed by atoms with Crippen molar-refractivity contribution in [3.05, 3.63) is 17.8 Å². The Morgan fingerprint density at radius 1 is 1.40 bits per heavy atom. The Hall–Kier alpha value is -0.610. The van der Waals surface area contributed by atoms with Crippen LogP contribution in [0.2, 0.25) is 0 Å². The van der Waals surface area contributed by atoms with E-state index in [4.69, 9.17) is 0 Å². The van der Waals surface area contributed by atoms with Gasteiger partial charge in [0.05, 0.1) is 0 Å². The van der Waals surface area contributed by atoms with E-state index in [0.717, 1.165) is 21.5 Å². The number of thiophene rings is 1. The third-order valence-corrected chi connectivity index (χ3v) is 4.02. The average Bonchev–Trinajstić information content (AvgIpc) is 2.65. The standard InChI is InChI=1S/C11H14N2S2/c1-8(2)3-5-14-10-9-4-6-15-11(9)13-7-12-10/h4,6-8H,3,5H2,1-2H3. The van der Waals surface area contributed by atoms with Gasteiger partial charge in [0.2, 0.25) is 0 Å². The van der Waals surface area contributed by atoms with Crippen molar-refractivity contribution in [2.45, 2.75) is 25.3 Å². The fraction of sp³-hybridized carbons (Fsp3) is 0.455. The first kappa shape index (κ1) is 10.9. The molecule has 0 N–H and O–H groups in total. The molecule has 0 fully saturated rings. The first-order chi connectivity index (χ1) is 7.27. The van der Waals surface area contributed by atoms with Gasteiger partial charge in [0.1, 0.15) is 16.2 Å². The van der Waals surface area contributed by atoms with Gasteiger partial charge in [-0.1, -0.05) is 13.8 Å². The molecule has 2 heterocycles. The van der Waals surface area contributed by atoms with Crippen molar-refractivity contribution in [2.24, 2.45) is 5.92 Å². The van der Waals surface area contributed by atoms with Crippen LogP contribution in [0.5, 0.6) is 0 Å². The van der Waals surface area contributed by atoms with E-state index in [0.29, 0.717) is 0 Å². The highest BCUT2D eigenvalue weighted by Gasteiger charge is 2.05. The lowest BCUT2D eigenvalue weighted by molar-refractivity contribution is 0.632. The van der Waals surface area contributed by atoms with E-state index in [1.54, 1.807) is 17.7 Å². The average molecular weight is 238 g/mol. The predicted octanol–water partition coefficient (Wildman–Crippen LogP) is 3.83. The largest absolute Gasteiger partial charge is 0.229 e. The molecule has 0 aliphatic carbocycles. The second-order valence-corrected chi connectivity index (χ2v) is 5.83. The first-order valence-electron chi connectivity index (χ1n) is 5.08. The van der Waals surface area contributed by atoms with Gasteiger partial charge in [-0.15, -0.1) is 23.1 Å². The number of hydrogen-bond donors (Lipinski definition) is 0. The van der Waals surface area contributed by atoms with Crippen LogP contribution in [0.25, 0.3) is 10.2 Å².